The molecule has 22 heavy (non-hydrogen) atoms. The van der Waals surface area contributed by atoms with Crippen molar-refractivity contribution in [3.63, 3.8) is 0 Å². The molecule has 2 aromatic rings. The maximum absolute atomic E-state index is 10.1. The third-order valence-corrected chi connectivity index (χ3v) is 9.15. The molecule has 3 rings (SSSR count). The van der Waals surface area contributed by atoms with Gasteiger partial charge in [-0.2, -0.15) is 0 Å². The molecule has 0 bridgehead atoms. The van der Waals surface area contributed by atoms with Gasteiger partial charge in [0.05, 0.1) is 8.15 Å². The van der Waals surface area contributed by atoms with E-state index < -0.39 is 22.6 Å². The van der Waals surface area contributed by atoms with E-state index in [4.69, 9.17) is 19.2 Å². The summed E-state index contributed by atoms with van der Waals surface area (Å²) in [6.07, 6.45) is 7.10. The van der Waals surface area contributed by atoms with Gasteiger partial charge in [0.2, 0.25) is 0 Å². The van der Waals surface area contributed by atoms with Gasteiger partial charge in [-0.25, -0.2) is 0 Å². The van der Waals surface area contributed by atoms with E-state index in [0.717, 1.165) is 17.0 Å². The van der Waals surface area contributed by atoms with Crippen LogP contribution in [0.4, 0.5) is 0 Å². The van der Waals surface area contributed by atoms with Crippen molar-refractivity contribution in [2.75, 3.05) is 0 Å². The molecule has 0 amide bonds. The Bertz CT molecular complexity index is 590. The summed E-state index contributed by atoms with van der Waals surface area (Å²) >= 11 is -1.71. The Kier molecular flexibility index (Phi) is 7.83. The van der Waals surface area contributed by atoms with Crippen molar-refractivity contribution in [1.82, 2.24) is 0 Å². The topological polar surface area (TPSA) is 20.2 Å². The summed E-state index contributed by atoms with van der Waals surface area (Å²) in [4.78, 5) is 10.1. The molecule has 0 saturated carbocycles. The third kappa shape index (κ3) is 5.63. The van der Waals surface area contributed by atoms with E-state index in [1.807, 2.05) is 72.8 Å². The zero-order valence-electron chi connectivity index (χ0n) is 11.7. The number of halogens is 2. The second kappa shape index (κ2) is 9.63. The zero-order chi connectivity index (χ0) is 15.8. The molecule has 1 aliphatic rings. The first kappa shape index (κ1) is 17.9. The molecule has 0 spiro atoms. The number of allylic oxidation sites excluding steroid dienone is 4. The Labute approximate surface area is 146 Å². The van der Waals surface area contributed by atoms with Crippen molar-refractivity contribution >= 4 is 37.9 Å². The Balaban J connectivity index is 0.000000188. The van der Waals surface area contributed by atoms with Gasteiger partial charge in [0.25, 0.3) is 0 Å². The fraction of sp³-hybridized carbons (Fsp3) is 0.0588. The van der Waals surface area contributed by atoms with Crippen LogP contribution < -0.4 is 10.6 Å². The summed E-state index contributed by atoms with van der Waals surface area (Å²) in [5.74, 6) is 0. The molecule has 0 radical (unpaired) electrons. The van der Waals surface area contributed by atoms with Crippen molar-refractivity contribution in [3.05, 3.63) is 83.0 Å². The second-order valence-electron chi connectivity index (χ2n) is 4.37. The SMILES string of the molecule is OP(c1ccccc1)c1ccccc1.[Cl][Ir]([Cl])[C]1=CC=CC1. The quantitative estimate of drug-likeness (QED) is 0.567. The van der Waals surface area contributed by atoms with E-state index in [1.165, 1.54) is 4.09 Å². The minimum absolute atomic E-state index is 0.988. The van der Waals surface area contributed by atoms with E-state index in [0.29, 0.717) is 0 Å². The Morgan fingerprint density at radius 2 is 1.36 bits per heavy atom. The standard InChI is InChI=1S/C12H11OP.C5H5.2ClH.Ir/c13-14(11-7-3-1-4-8-11)12-9-5-2-6-10-12;1-2-4-5-3-1;;;/h1-10,13H;1-3H,4H2;2*1H;/q;;;;+2/p-2. The van der Waals surface area contributed by atoms with Crippen molar-refractivity contribution in [2.24, 2.45) is 0 Å². The van der Waals surface area contributed by atoms with Crippen LogP contribution in [0.2, 0.25) is 0 Å². The molecule has 1 nitrogen and oxygen atoms in total. The van der Waals surface area contributed by atoms with Gasteiger partial charge in [-0.1, -0.05) is 60.7 Å². The molecule has 1 N–H and O–H groups in total. The van der Waals surface area contributed by atoms with E-state index in [-0.39, 0.29) is 0 Å². The van der Waals surface area contributed by atoms with Crippen molar-refractivity contribution in [3.8, 4) is 0 Å². The maximum atomic E-state index is 10.1. The number of hydrogen-bond donors (Lipinski definition) is 1. The summed E-state index contributed by atoms with van der Waals surface area (Å²) in [6, 6.07) is 19.5. The Hall–Kier alpha value is -0.461. The van der Waals surface area contributed by atoms with Gasteiger partial charge >= 0.3 is 62.4 Å². The first-order valence-electron chi connectivity index (χ1n) is 6.60. The zero-order valence-corrected chi connectivity index (χ0v) is 16.5. The van der Waals surface area contributed by atoms with Crippen LogP contribution in [0, 0.1) is 0 Å². The molecular formula is C17H16Cl2IrOP. The van der Waals surface area contributed by atoms with Gasteiger partial charge in [0, 0.05) is 10.6 Å². The van der Waals surface area contributed by atoms with Crippen LogP contribution >= 0.6 is 27.3 Å². The molecule has 5 heteroatoms. The van der Waals surface area contributed by atoms with Crippen LogP contribution in [0.3, 0.4) is 0 Å². The predicted molar refractivity (Wildman–Crippen MR) is 94.8 cm³/mol. The van der Waals surface area contributed by atoms with Crippen molar-refractivity contribution in [1.29, 1.82) is 0 Å². The monoisotopic (exact) mass is 530 g/mol. The van der Waals surface area contributed by atoms with Gasteiger partial charge in [-0.15, -0.1) is 0 Å². The molecule has 1 aliphatic carbocycles. The molecule has 2 aromatic carbocycles. The van der Waals surface area contributed by atoms with Crippen molar-refractivity contribution < 1.29 is 19.4 Å². The molecule has 118 valence electrons. The van der Waals surface area contributed by atoms with Gasteiger partial charge in [0.1, 0.15) is 0 Å². The average molecular weight is 530 g/mol. The fourth-order valence-electron chi connectivity index (χ4n) is 1.79. The van der Waals surface area contributed by atoms with Crippen LogP contribution in [0.5, 0.6) is 0 Å². The van der Waals surface area contributed by atoms with Crippen LogP contribution in [-0.4, -0.2) is 4.89 Å². The van der Waals surface area contributed by atoms with E-state index in [2.05, 4.69) is 6.08 Å². The Morgan fingerprint density at radius 3 is 1.68 bits per heavy atom. The van der Waals surface area contributed by atoms with Gasteiger partial charge < -0.3 is 4.89 Å². The van der Waals surface area contributed by atoms with Crippen LogP contribution in [0.1, 0.15) is 6.42 Å². The molecule has 0 saturated heterocycles. The molecule has 0 unspecified atom stereocenters. The predicted octanol–water partition coefficient (Wildman–Crippen LogP) is 4.78. The number of rotatable bonds is 3. The summed E-state index contributed by atoms with van der Waals surface area (Å²) in [5, 5.41) is 1.99. The third-order valence-electron chi connectivity index (χ3n) is 2.87. The van der Waals surface area contributed by atoms with Gasteiger partial charge in [-0.3, -0.25) is 0 Å². The Morgan fingerprint density at radius 1 is 0.864 bits per heavy atom. The molecule has 0 fully saturated rings. The normalized spacial score (nSPS) is 13.5. The molecule has 0 heterocycles. The average Bonchev–Trinajstić information content (AvgIpc) is 3.11. The first-order valence-corrected chi connectivity index (χ1v) is 15.0. The summed E-state index contributed by atoms with van der Waals surface area (Å²) in [7, 11) is 10.2. The molecule has 0 atom stereocenters. The molecule has 0 aromatic heterocycles. The van der Waals surface area contributed by atoms with E-state index in [1.54, 1.807) is 0 Å². The van der Waals surface area contributed by atoms with E-state index in [9.17, 15) is 4.89 Å². The molecular weight excluding hydrogens is 514 g/mol. The van der Waals surface area contributed by atoms with E-state index >= 15 is 0 Å². The van der Waals surface area contributed by atoms with Crippen molar-refractivity contribution in [2.45, 2.75) is 6.42 Å². The van der Waals surface area contributed by atoms with Crippen LogP contribution in [0.25, 0.3) is 0 Å². The summed E-state index contributed by atoms with van der Waals surface area (Å²) in [6.45, 7) is 0. The second-order valence-corrected chi connectivity index (χ2v) is 14.0. The van der Waals surface area contributed by atoms with Gasteiger partial charge in [0.15, 0.2) is 0 Å². The van der Waals surface area contributed by atoms with Crippen LogP contribution in [-0.2, 0) is 14.5 Å². The first-order chi connectivity index (χ1) is 10.7. The number of benzene rings is 2. The van der Waals surface area contributed by atoms with Gasteiger partial charge in [-0.05, 0) is 0 Å². The summed E-state index contributed by atoms with van der Waals surface area (Å²) < 4.78 is 1.26. The van der Waals surface area contributed by atoms with Crippen LogP contribution in [0.15, 0.2) is 83.0 Å². The summed E-state index contributed by atoms with van der Waals surface area (Å²) in [5.41, 5.74) is 0. The fourth-order valence-corrected chi connectivity index (χ4v) is 5.71. The minimum atomic E-state index is -1.71. The number of hydrogen-bond acceptors (Lipinski definition) is 1. The molecule has 0 aliphatic heterocycles.